The molecule has 110 valence electrons. The number of aromatic nitrogens is 1. The van der Waals surface area contributed by atoms with E-state index in [4.69, 9.17) is 0 Å². The zero-order valence-corrected chi connectivity index (χ0v) is 12.5. The molecule has 4 heteroatoms. The second kappa shape index (κ2) is 7.43. The highest BCUT2D eigenvalue weighted by Gasteiger charge is 2.07. The van der Waals surface area contributed by atoms with Gasteiger partial charge in [0, 0.05) is 24.1 Å². The van der Waals surface area contributed by atoms with E-state index in [2.05, 4.69) is 34.7 Å². The number of anilines is 2. The lowest BCUT2D eigenvalue weighted by Crippen LogP contribution is -2.24. The number of amides is 1. The number of benzene rings is 1. The van der Waals surface area contributed by atoms with Crippen LogP contribution in [0.15, 0.2) is 42.6 Å². The minimum atomic E-state index is -0.137. The van der Waals surface area contributed by atoms with Crippen LogP contribution in [0.5, 0.6) is 0 Å². The summed E-state index contributed by atoms with van der Waals surface area (Å²) in [6.07, 6.45) is 3.58. The van der Waals surface area contributed by atoms with E-state index in [9.17, 15) is 4.79 Å². The molecule has 4 nitrogen and oxygen atoms in total. The van der Waals surface area contributed by atoms with Crippen LogP contribution >= 0.6 is 0 Å². The summed E-state index contributed by atoms with van der Waals surface area (Å²) in [5, 5.41) is 6.11. The maximum Gasteiger partial charge on any atom is 0.269 e. The summed E-state index contributed by atoms with van der Waals surface area (Å²) in [7, 11) is 0. The molecule has 1 amide bonds. The Hall–Kier alpha value is -2.36. The predicted octanol–water partition coefficient (Wildman–Crippen LogP) is 3.53. The molecule has 0 saturated heterocycles. The van der Waals surface area contributed by atoms with Crippen LogP contribution in [0.25, 0.3) is 0 Å². The maximum absolute atomic E-state index is 11.9. The summed E-state index contributed by atoms with van der Waals surface area (Å²) in [6.45, 7) is 4.81. The monoisotopic (exact) mass is 283 g/mol. The molecule has 0 atom stereocenters. The van der Waals surface area contributed by atoms with Crippen LogP contribution in [0.3, 0.4) is 0 Å². The third-order valence-corrected chi connectivity index (χ3v) is 3.18. The molecule has 1 heterocycles. The second-order valence-electron chi connectivity index (χ2n) is 4.86. The van der Waals surface area contributed by atoms with Crippen molar-refractivity contribution in [3.63, 3.8) is 0 Å². The Morgan fingerprint density at radius 3 is 2.52 bits per heavy atom. The lowest BCUT2D eigenvalue weighted by atomic mass is 10.1. The number of nitrogens with zero attached hydrogens (tertiary/aromatic N) is 1. The van der Waals surface area contributed by atoms with Gasteiger partial charge in [0.15, 0.2) is 0 Å². The van der Waals surface area contributed by atoms with Gasteiger partial charge >= 0.3 is 0 Å². The Balaban J connectivity index is 2.07. The number of hydrogen-bond acceptors (Lipinski definition) is 3. The summed E-state index contributed by atoms with van der Waals surface area (Å²) in [5.41, 5.74) is 3.59. The molecule has 0 aliphatic carbocycles. The highest BCUT2D eigenvalue weighted by atomic mass is 16.1. The summed E-state index contributed by atoms with van der Waals surface area (Å²) < 4.78 is 0. The number of carbonyl (C=O) groups excluding carboxylic acids is 1. The van der Waals surface area contributed by atoms with E-state index in [0.29, 0.717) is 12.2 Å². The average molecular weight is 283 g/mol. The summed E-state index contributed by atoms with van der Waals surface area (Å²) in [4.78, 5) is 16.0. The number of rotatable bonds is 6. The summed E-state index contributed by atoms with van der Waals surface area (Å²) in [6, 6.07) is 11.9. The van der Waals surface area contributed by atoms with E-state index in [-0.39, 0.29) is 5.91 Å². The molecule has 2 N–H and O–H groups in total. The van der Waals surface area contributed by atoms with Gasteiger partial charge in [-0.25, -0.2) is 0 Å². The number of aryl methyl sites for hydroxylation is 1. The molecule has 1 aromatic carbocycles. The molecular weight excluding hydrogens is 262 g/mol. The van der Waals surface area contributed by atoms with E-state index in [0.717, 1.165) is 24.2 Å². The molecule has 0 spiro atoms. The highest BCUT2D eigenvalue weighted by Crippen LogP contribution is 2.17. The van der Waals surface area contributed by atoms with Crippen LogP contribution in [0.4, 0.5) is 11.4 Å². The number of pyridine rings is 1. The molecule has 21 heavy (non-hydrogen) atoms. The second-order valence-corrected chi connectivity index (χ2v) is 4.86. The first-order valence-corrected chi connectivity index (χ1v) is 7.33. The van der Waals surface area contributed by atoms with Gasteiger partial charge in [0.05, 0.1) is 0 Å². The van der Waals surface area contributed by atoms with Crippen molar-refractivity contribution in [1.82, 2.24) is 10.3 Å². The van der Waals surface area contributed by atoms with Crippen molar-refractivity contribution in [3.05, 3.63) is 53.9 Å². The van der Waals surface area contributed by atoms with E-state index >= 15 is 0 Å². The first kappa shape index (κ1) is 15.0. The Morgan fingerprint density at radius 1 is 1.10 bits per heavy atom. The Labute approximate surface area is 125 Å². The normalized spacial score (nSPS) is 10.2. The van der Waals surface area contributed by atoms with Crippen LogP contribution in [0.2, 0.25) is 0 Å². The van der Waals surface area contributed by atoms with Crippen LogP contribution in [0.1, 0.15) is 36.3 Å². The van der Waals surface area contributed by atoms with Gasteiger partial charge in [-0.15, -0.1) is 0 Å². The van der Waals surface area contributed by atoms with Crippen molar-refractivity contribution in [1.29, 1.82) is 0 Å². The first-order valence-electron chi connectivity index (χ1n) is 7.33. The minimum absolute atomic E-state index is 0.137. The van der Waals surface area contributed by atoms with Crippen molar-refractivity contribution < 1.29 is 4.79 Å². The van der Waals surface area contributed by atoms with E-state index < -0.39 is 0 Å². The van der Waals surface area contributed by atoms with Crippen LogP contribution in [0, 0.1) is 0 Å². The smallest absolute Gasteiger partial charge is 0.269 e. The van der Waals surface area contributed by atoms with Crippen LogP contribution in [-0.2, 0) is 6.42 Å². The lowest BCUT2D eigenvalue weighted by molar-refractivity contribution is 0.0949. The molecule has 1 aromatic heterocycles. The van der Waals surface area contributed by atoms with E-state index in [1.165, 1.54) is 5.56 Å². The maximum atomic E-state index is 11.9. The van der Waals surface area contributed by atoms with Gasteiger partial charge in [-0.05, 0) is 42.7 Å². The molecule has 0 unspecified atom stereocenters. The zero-order chi connectivity index (χ0) is 15.1. The zero-order valence-electron chi connectivity index (χ0n) is 12.5. The fourth-order valence-corrected chi connectivity index (χ4v) is 1.95. The van der Waals surface area contributed by atoms with Gasteiger partial charge < -0.3 is 10.6 Å². The number of carbonyl (C=O) groups is 1. The summed E-state index contributed by atoms with van der Waals surface area (Å²) in [5.74, 6) is -0.137. The largest absolute Gasteiger partial charge is 0.355 e. The molecular formula is C17H21N3O. The molecule has 0 bridgehead atoms. The van der Waals surface area contributed by atoms with Gasteiger partial charge in [-0.3, -0.25) is 9.78 Å². The van der Waals surface area contributed by atoms with Gasteiger partial charge in [-0.1, -0.05) is 26.0 Å². The van der Waals surface area contributed by atoms with Gasteiger partial charge in [0.1, 0.15) is 5.69 Å². The molecule has 0 aliphatic heterocycles. The quantitative estimate of drug-likeness (QED) is 0.852. The molecule has 0 aliphatic rings. The summed E-state index contributed by atoms with van der Waals surface area (Å²) >= 11 is 0. The van der Waals surface area contributed by atoms with Gasteiger partial charge in [-0.2, -0.15) is 0 Å². The fourth-order valence-electron chi connectivity index (χ4n) is 1.95. The Kier molecular flexibility index (Phi) is 5.32. The molecule has 0 saturated carbocycles. The number of nitrogens with one attached hydrogen (secondary N) is 2. The van der Waals surface area contributed by atoms with Gasteiger partial charge in [0.25, 0.3) is 5.91 Å². The van der Waals surface area contributed by atoms with Gasteiger partial charge in [0.2, 0.25) is 0 Å². The third-order valence-electron chi connectivity index (χ3n) is 3.18. The Morgan fingerprint density at radius 2 is 1.86 bits per heavy atom. The molecule has 2 aromatic rings. The first-order chi connectivity index (χ1) is 10.2. The number of hydrogen-bond donors (Lipinski definition) is 2. The highest BCUT2D eigenvalue weighted by molar-refractivity contribution is 5.93. The van der Waals surface area contributed by atoms with E-state index in [1.807, 2.05) is 25.1 Å². The van der Waals surface area contributed by atoms with Crippen molar-refractivity contribution >= 4 is 17.3 Å². The minimum Gasteiger partial charge on any atom is -0.355 e. The average Bonchev–Trinajstić information content (AvgIpc) is 2.53. The SMILES string of the molecule is CCCNC(=O)c1cc(Nc2ccc(CC)cc2)ccn1. The van der Waals surface area contributed by atoms with Crippen LogP contribution < -0.4 is 10.6 Å². The van der Waals surface area contributed by atoms with Crippen LogP contribution in [-0.4, -0.2) is 17.4 Å². The molecule has 0 fully saturated rings. The fraction of sp³-hybridized carbons (Fsp3) is 0.294. The van der Waals surface area contributed by atoms with Crippen molar-refractivity contribution in [2.75, 3.05) is 11.9 Å². The molecule has 2 rings (SSSR count). The van der Waals surface area contributed by atoms with Crippen molar-refractivity contribution in [2.24, 2.45) is 0 Å². The van der Waals surface area contributed by atoms with Crippen molar-refractivity contribution in [2.45, 2.75) is 26.7 Å². The predicted molar refractivity (Wildman–Crippen MR) is 86.0 cm³/mol. The van der Waals surface area contributed by atoms with Crippen molar-refractivity contribution in [3.8, 4) is 0 Å². The Bertz CT molecular complexity index is 593. The molecule has 0 radical (unpaired) electrons. The lowest BCUT2D eigenvalue weighted by Gasteiger charge is -2.09. The third kappa shape index (κ3) is 4.31. The topological polar surface area (TPSA) is 54.0 Å². The van der Waals surface area contributed by atoms with E-state index in [1.54, 1.807) is 12.3 Å². The standard InChI is InChI=1S/C17H21N3O/c1-3-10-19-17(21)16-12-15(9-11-18-16)20-14-7-5-13(4-2)6-8-14/h5-9,11-12H,3-4,10H2,1-2H3,(H,18,20)(H,19,21).